The second kappa shape index (κ2) is 15.2. The van der Waals surface area contributed by atoms with E-state index < -0.39 is 6.23 Å². The van der Waals surface area contributed by atoms with E-state index in [0.717, 1.165) is 12.2 Å². The zero-order valence-electron chi connectivity index (χ0n) is 16.6. The average molecular weight is 349 g/mol. The predicted molar refractivity (Wildman–Crippen MR) is 109 cm³/mol. The monoisotopic (exact) mass is 348 g/mol. The molecule has 0 aliphatic carbocycles. The molecule has 0 saturated heterocycles. The molecule has 1 aromatic heterocycles. The lowest BCUT2D eigenvalue weighted by Gasteiger charge is -2.07. The molecule has 0 radical (unpaired) electrons. The number of unbranched alkanes of at least 4 members (excludes halogenated alkanes) is 13. The highest BCUT2D eigenvalue weighted by Crippen LogP contribution is 2.13. The van der Waals surface area contributed by atoms with Gasteiger partial charge in [0.15, 0.2) is 0 Å². The SMILES string of the molecule is CCCCCCCCCCCCCCC/C=C/c1nccn1C(C)O. The first kappa shape index (κ1) is 22.0. The first-order valence-electron chi connectivity index (χ1n) is 10.6. The number of nitrogens with zero attached hydrogens (tertiary/aromatic N) is 2. The fraction of sp³-hybridized carbons (Fsp3) is 0.773. The molecule has 1 rings (SSSR count). The van der Waals surface area contributed by atoms with Gasteiger partial charge in [-0.15, -0.1) is 0 Å². The highest BCUT2D eigenvalue weighted by Gasteiger charge is 2.02. The van der Waals surface area contributed by atoms with Crippen LogP contribution in [0.1, 0.15) is 116 Å². The zero-order chi connectivity index (χ0) is 18.2. The van der Waals surface area contributed by atoms with E-state index in [-0.39, 0.29) is 0 Å². The molecule has 1 heterocycles. The molecular formula is C22H40N2O. The quantitative estimate of drug-likeness (QED) is 0.330. The Hall–Kier alpha value is -1.09. The van der Waals surface area contributed by atoms with Crippen molar-refractivity contribution in [2.45, 2.75) is 110 Å². The Morgan fingerprint density at radius 3 is 1.96 bits per heavy atom. The van der Waals surface area contributed by atoms with Crippen LogP contribution in [-0.2, 0) is 0 Å². The van der Waals surface area contributed by atoms with Gasteiger partial charge in [-0.2, -0.15) is 0 Å². The number of rotatable bonds is 16. The van der Waals surface area contributed by atoms with Crippen LogP contribution in [0, 0.1) is 0 Å². The Morgan fingerprint density at radius 1 is 0.920 bits per heavy atom. The molecule has 25 heavy (non-hydrogen) atoms. The number of allylic oxidation sites excluding steroid dienone is 1. The Labute approximate surface area is 155 Å². The van der Waals surface area contributed by atoms with E-state index in [1.165, 1.54) is 83.5 Å². The molecule has 3 nitrogen and oxygen atoms in total. The van der Waals surface area contributed by atoms with Gasteiger partial charge in [-0.3, -0.25) is 0 Å². The lowest BCUT2D eigenvalue weighted by molar-refractivity contribution is 0.124. The maximum absolute atomic E-state index is 9.61. The summed E-state index contributed by atoms with van der Waals surface area (Å²) in [5.74, 6) is 0.838. The fourth-order valence-electron chi connectivity index (χ4n) is 3.24. The number of aliphatic hydroxyl groups is 1. The van der Waals surface area contributed by atoms with Gasteiger partial charge < -0.3 is 9.67 Å². The Bertz CT molecular complexity index is 437. The summed E-state index contributed by atoms with van der Waals surface area (Å²) in [7, 11) is 0. The molecule has 0 bridgehead atoms. The van der Waals surface area contributed by atoms with Gasteiger partial charge in [0.1, 0.15) is 12.1 Å². The number of hydrogen-bond donors (Lipinski definition) is 1. The summed E-state index contributed by atoms with van der Waals surface area (Å²) in [5, 5.41) is 9.61. The molecule has 1 atom stereocenters. The molecule has 0 aliphatic rings. The molecule has 0 fully saturated rings. The summed E-state index contributed by atoms with van der Waals surface area (Å²) >= 11 is 0. The summed E-state index contributed by atoms with van der Waals surface area (Å²) in [4.78, 5) is 4.26. The van der Waals surface area contributed by atoms with Crippen LogP contribution < -0.4 is 0 Å². The molecule has 1 unspecified atom stereocenters. The van der Waals surface area contributed by atoms with Crippen molar-refractivity contribution in [3.05, 3.63) is 24.3 Å². The maximum atomic E-state index is 9.61. The smallest absolute Gasteiger partial charge is 0.134 e. The largest absolute Gasteiger partial charge is 0.374 e. The highest BCUT2D eigenvalue weighted by atomic mass is 16.3. The summed E-state index contributed by atoms with van der Waals surface area (Å²) in [6.45, 7) is 4.04. The van der Waals surface area contributed by atoms with E-state index in [2.05, 4.69) is 18.0 Å². The molecule has 0 saturated carbocycles. The second-order valence-corrected chi connectivity index (χ2v) is 7.26. The van der Waals surface area contributed by atoms with Gasteiger partial charge in [0.25, 0.3) is 0 Å². The summed E-state index contributed by atoms with van der Waals surface area (Å²) in [6.07, 6.45) is 26.5. The molecule has 0 aliphatic heterocycles. The molecule has 0 aromatic carbocycles. The fourth-order valence-corrected chi connectivity index (χ4v) is 3.24. The second-order valence-electron chi connectivity index (χ2n) is 7.26. The van der Waals surface area contributed by atoms with Gasteiger partial charge >= 0.3 is 0 Å². The maximum Gasteiger partial charge on any atom is 0.134 e. The van der Waals surface area contributed by atoms with E-state index in [1.54, 1.807) is 17.7 Å². The van der Waals surface area contributed by atoms with Crippen LogP contribution in [0.4, 0.5) is 0 Å². The van der Waals surface area contributed by atoms with Crippen LogP contribution >= 0.6 is 0 Å². The summed E-state index contributed by atoms with van der Waals surface area (Å²) < 4.78 is 1.78. The molecule has 144 valence electrons. The summed E-state index contributed by atoms with van der Waals surface area (Å²) in [5.41, 5.74) is 0. The van der Waals surface area contributed by atoms with Gasteiger partial charge in [0.05, 0.1) is 0 Å². The molecule has 1 N–H and O–H groups in total. The van der Waals surface area contributed by atoms with Gasteiger partial charge in [0.2, 0.25) is 0 Å². The molecule has 1 aromatic rings. The highest BCUT2D eigenvalue weighted by molar-refractivity contribution is 5.40. The van der Waals surface area contributed by atoms with Gasteiger partial charge in [-0.1, -0.05) is 90.0 Å². The van der Waals surface area contributed by atoms with Crippen molar-refractivity contribution in [3.63, 3.8) is 0 Å². The minimum Gasteiger partial charge on any atom is -0.374 e. The van der Waals surface area contributed by atoms with Crippen LogP contribution in [0.25, 0.3) is 6.08 Å². The van der Waals surface area contributed by atoms with Gasteiger partial charge in [-0.05, 0) is 25.8 Å². The van der Waals surface area contributed by atoms with E-state index in [4.69, 9.17) is 0 Å². The minimum absolute atomic E-state index is 0.515. The third-order valence-electron chi connectivity index (χ3n) is 4.84. The number of aromatic nitrogens is 2. The number of hydrogen-bond acceptors (Lipinski definition) is 2. The van der Waals surface area contributed by atoms with Crippen molar-refractivity contribution in [2.24, 2.45) is 0 Å². The van der Waals surface area contributed by atoms with E-state index >= 15 is 0 Å². The van der Waals surface area contributed by atoms with E-state index in [9.17, 15) is 5.11 Å². The van der Waals surface area contributed by atoms with Crippen molar-refractivity contribution in [2.75, 3.05) is 0 Å². The lowest BCUT2D eigenvalue weighted by atomic mass is 10.0. The lowest BCUT2D eigenvalue weighted by Crippen LogP contribution is -2.04. The topological polar surface area (TPSA) is 38.0 Å². The van der Waals surface area contributed by atoms with Crippen LogP contribution in [0.2, 0.25) is 0 Å². The van der Waals surface area contributed by atoms with Crippen LogP contribution in [-0.4, -0.2) is 14.7 Å². The molecule has 0 amide bonds. The first-order chi connectivity index (χ1) is 12.3. The van der Waals surface area contributed by atoms with Crippen LogP contribution in [0.15, 0.2) is 18.5 Å². The van der Waals surface area contributed by atoms with Crippen molar-refractivity contribution >= 4 is 6.08 Å². The Morgan fingerprint density at radius 2 is 1.44 bits per heavy atom. The van der Waals surface area contributed by atoms with Crippen LogP contribution in [0.5, 0.6) is 0 Å². The van der Waals surface area contributed by atoms with Crippen LogP contribution in [0.3, 0.4) is 0 Å². The molecule has 3 heteroatoms. The molecular weight excluding hydrogens is 308 g/mol. The van der Waals surface area contributed by atoms with Crippen molar-refractivity contribution < 1.29 is 5.11 Å². The zero-order valence-corrected chi connectivity index (χ0v) is 16.6. The third-order valence-corrected chi connectivity index (χ3v) is 4.84. The van der Waals surface area contributed by atoms with Crippen molar-refractivity contribution in [1.82, 2.24) is 9.55 Å². The Kier molecular flexibility index (Phi) is 13.3. The first-order valence-corrected chi connectivity index (χ1v) is 10.6. The van der Waals surface area contributed by atoms with Gasteiger partial charge in [0, 0.05) is 12.4 Å². The van der Waals surface area contributed by atoms with E-state index in [0.29, 0.717) is 0 Å². The number of aliphatic hydroxyl groups excluding tert-OH is 1. The normalized spacial score (nSPS) is 12.9. The third kappa shape index (κ3) is 11.2. The van der Waals surface area contributed by atoms with Crippen molar-refractivity contribution in [1.29, 1.82) is 0 Å². The molecule has 0 spiro atoms. The minimum atomic E-state index is -0.515. The van der Waals surface area contributed by atoms with Crippen molar-refractivity contribution in [3.8, 4) is 0 Å². The predicted octanol–water partition coefficient (Wildman–Crippen LogP) is 6.89. The number of imidazole rings is 1. The Balaban J connectivity index is 1.87. The van der Waals surface area contributed by atoms with E-state index in [1.807, 2.05) is 12.3 Å². The standard InChI is InChI=1S/C22H40N2O/c1-3-4-5-6-7-8-9-10-11-12-13-14-15-16-17-18-22-23-19-20-24(22)21(2)25/h17-21,25H,3-16H2,1-2H3/b18-17+. The van der Waals surface area contributed by atoms with Gasteiger partial charge in [-0.25, -0.2) is 4.98 Å². The average Bonchev–Trinajstić information content (AvgIpc) is 3.07. The summed E-state index contributed by atoms with van der Waals surface area (Å²) in [6, 6.07) is 0.